The van der Waals surface area contributed by atoms with Crippen LogP contribution < -0.4 is 10.5 Å². The van der Waals surface area contributed by atoms with Gasteiger partial charge in [-0.05, 0) is 11.6 Å². The van der Waals surface area contributed by atoms with Crippen molar-refractivity contribution >= 4 is 5.88 Å². The molecule has 6 heteroatoms. The van der Waals surface area contributed by atoms with E-state index in [9.17, 15) is 4.39 Å². The Kier molecular flexibility index (Phi) is 3.47. The number of nitrogens with two attached hydrogens (primary N) is 1. The molecule has 18 heavy (non-hydrogen) atoms. The van der Waals surface area contributed by atoms with Crippen LogP contribution in [0.3, 0.4) is 0 Å². The first-order chi connectivity index (χ1) is 8.67. The maximum absolute atomic E-state index is 13.5. The second kappa shape index (κ2) is 5.05. The first-order valence-electron chi connectivity index (χ1n) is 5.23. The second-order valence-corrected chi connectivity index (χ2v) is 3.68. The SMILES string of the molecule is COCc1cc(F)cc(OC)c1-c1cnoc1N. The molecule has 96 valence electrons. The van der Waals surface area contributed by atoms with E-state index >= 15 is 0 Å². The van der Waals surface area contributed by atoms with Gasteiger partial charge in [0.1, 0.15) is 11.6 Å². The summed E-state index contributed by atoms with van der Waals surface area (Å²) in [5.41, 5.74) is 7.47. The number of ether oxygens (including phenoxy) is 2. The van der Waals surface area contributed by atoms with Crippen LogP contribution in [0.25, 0.3) is 11.1 Å². The highest BCUT2D eigenvalue weighted by atomic mass is 19.1. The van der Waals surface area contributed by atoms with Gasteiger partial charge in [0.25, 0.3) is 0 Å². The van der Waals surface area contributed by atoms with Crippen molar-refractivity contribution in [2.45, 2.75) is 6.61 Å². The fourth-order valence-electron chi connectivity index (χ4n) is 1.81. The Morgan fingerprint density at radius 1 is 1.39 bits per heavy atom. The molecule has 0 fully saturated rings. The van der Waals surface area contributed by atoms with Crippen LogP contribution in [0.1, 0.15) is 5.56 Å². The monoisotopic (exact) mass is 252 g/mol. The number of halogens is 1. The van der Waals surface area contributed by atoms with E-state index in [4.69, 9.17) is 19.7 Å². The molecule has 0 saturated heterocycles. The number of methoxy groups -OCH3 is 2. The second-order valence-electron chi connectivity index (χ2n) is 3.68. The van der Waals surface area contributed by atoms with Gasteiger partial charge in [0.2, 0.25) is 5.88 Å². The van der Waals surface area contributed by atoms with E-state index in [-0.39, 0.29) is 12.5 Å². The molecule has 1 aromatic carbocycles. The van der Waals surface area contributed by atoms with Crippen molar-refractivity contribution in [2.75, 3.05) is 20.0 Å². The molecule has 0 spiro atoms. The smallest absolute Gasteiger partial charge is 0.230 e. The van der Waals surface area contributed by atoms with Crippen molar-refractivity contribution in [3.05, 3.63) is 29.7 Å². The Morgan fingerprint density at radius 2 is 2.17 bits per heavy atom. The van der Waals surface area contributed by atoms with E-state index in [2.05, 4.69) is 5.16 Å². The molecular weight excluding hydrogens is 239 g/mol. The largest absolute Gasteiger partial charge is 0.496 e. The number of anilines is 1. The molecule has 1 aromatic heterocycles. The molecule has 1 heterocycles. The third kappa shape index (κ3) is 2.14. The first-order valence-corrected chi connectivity index (χ1v) is 5.23. The number of aromatic nitrogens is 1. The van der Waals surface area contributed by atoms with E-state index in [1.165, 1.54) is 32.5 Å². The quantitative estimate of drug-likeness (QED) is 0.903. The molecule has 0 amide bonds. The van der Waals surface area contributed by atoms with Crippen LogP contribution in [0.2, 0.25) is 0 Å². The van der Waals surface area contributed by atoms with Gasteiger partial charge in [-0.1, -0.05) is 5.16 Å². The Morgan fingerprint density at radius 3 is 2.72 bits per heavy atom. The van der Waals surface area contributed by atoms with Crippen LogP contribution in [0.15, 0.2) is 22.9 Å². The molecule has 0 aliphatic heterocycles. The minimum absolute atomic E-state index is 0.150. The van der Waals surface area contributed by atoms with Gasteiger partial charge in [-0.3, -0.25) is 0 Å². The molecular formula is C12H13FN2O3. The zero-order valence-electron chi connectivity index (χ0n) is 10.1. The molecule has 0 bridgehead atoms. The van der Waals surface area contributed by atoms with Gasteiger partial charge >= 0.3 is 0 Å². The topological polar surface area (TPSA) is 70.5 Å². The highest BCUT2D eigenvalue weighted by Crippen LogP contribution is 2.37. The van der Waals surface area contributed by atoms with Gasteiger partial charge in [0, 0.05) is 18.7 Å². The molecule has 0 aliphatic rings. The molecule has 0 atom stereocenters. The predicted octanol–water partition coefficient (Wildman–Crippen LogP) is 2.22. The summed E-state index contributed by atoms with van der Waals surface area (Å²) in [6, 6.07) is 2.65. The number of hydrogen-bond acceptors (Lipinski definition) is 5. The van der Waals surface area contributed by atoms with Crippen LogP contribution in [0, 0.1) is 5.82 Å². The summed E-state index contributed by atoms with van der Waals surface area (Å²) < 4.78 is 28.5. The molecule has 2 rings (SSSR count). The zero-order chi connectivity index (χ0) is 13.1. The average molecular weight is 252 g/mol. The van der Waals surface area contributed by atoms with E-state index in [0.717, 1.165) is 0 Å². The molecule has 2 N–H and O–H groups in total. The minimum Gasteiger partial charge on any atom is -0.496 e. The lowest BCUT2D eigenvalue weighted by Crippen LogP contribution is -1.99. The van der Waals surface area contributed by atoms with Crippen molar-refractivity contribution in [3.8, 4) is 16.9 Å². The van der Waals surface area contributed by atoms with Crippen LogP contribution >= 0.6 is 0 Å². The maximum atomic E-state index is 13.5. The Balaban J connectivity index is 2.66. The van der Waals surface area contributed by atoms with Crippen molar-refractivity contribution in [2.24, 2.45) is 0 Å². The third-order valence-electron chi connectivity index (χ3n) is 2.54. The fraction of sp³-hybridized carbons (Fsp3) is 0.250. The van der Waals surface area contributed by atoms with E-state index < -0.39 is 5.82 Å². The molecule has 0 radical (unpaired) electrons. The van der Waals surface area contributed by atoms with E-state index in [1.807, 2.05) is 0 Å². The van der Waals surface area contributed by atoms with Crippen LogP contribution in [0.4, 0.5) is 10.3 Å². The number of hydrogen-bond donors (Lipinski definition) is 1. The number of nitrogen functional groups attached to an aromatic ring is 1. The van der Waals surface area contributed by atoms with Gasteiger partial charge in [-0.2, -0.15) is 0 Å². The summed E-state index contributed by atoms with van der Waals surface area (Å²) in [6.45, 7) is 0.230. The van der Waals surface area contributed by atoms with Gasteiger partial charge < -0.3 is 19.7 Å². The van der Waals surface area contributed by atoms with Gasteiger partial charge in [-0.15, -0.1) is 0 Å². The average Bonchev–Trinajstić information content (AvgIpc) is 2.75. The number of nitrogens with zero attached hydrogens (tertiary/aromatic N) is 1. The van der Waals surface area contributed by atoms with Gasteiger partial charge in [0.15, 0.2) is 0 Å². The molecule has 5 nitrogen and oxygen atoms in total. The Bertz CT molecular complexity index is 554. The summed E-state index contributed by atoms with van der Waals surface area (Å²) >= 11 is 0. The van der Waals surface area contributed by atoms with Crippen LogP contribution in [-0.4, -0.2) is 19.4 Å². The third-order valence-corrected chi connectivity index (χ3v) is 2.54. The first kappa shape index (κ1) is 12.4. The van der Waals surface area contributed by atoms with Gasteiger partial charge in [-0.25, -0.2) is 4.39 Å². The summed E-state index contributed by atoms with van der Waals surface area (Å²) in [7, 11) is 2.98. The van der Waals surface area contributed by atoms with E-state index in [0.29, 0.717) is 22.4 Å². The Labute approximate surface area is 103 Å². The molecule has 0 unspecified atom stereocenters. The highest BCUT2D eigenvalue weighted by Gasteiger charge is 2.18. The standard InChI is InChI=1S/C12H13FN2O3/c1-16-6-7-3-8(13)4-10(17-2)11(7)9-5-15-18-12(9)14/h3-5H,6,14H2,1-2H3. The predicted molar refractivity (Wildman–Crippen MR) is 63.6 cm³/mol. The lowest BCUT2D eigenvalue weighted by Gasteiger charge is -2.12. The minimum atomic E-state index is -0.405. The maximum Gasteiger partial charge on any atom is 0.230 e. The van der Waals surface area contributed by atoms with Crippen LogP contribution in [0.5, 0.6) is 5.75 Å². The number of rotatable bonds is 4. The normalized spacial score (nSPS) is 10.6. The molecule has 0 saturated carbocycles. The van der Waals surface area contributed by atoms with Crippen molar-refractivity contribution in [1.29, 1.82) is 0 Å². The Hall–Kier alpha value is -2.08. The molecule has 0 aliphatic carbocycles. The van der Waals surface area contributed by atoms with E-state index in [1.54, 1.807) is 0 Å². The van der Waals surface area contributed by atoms with Crippen LogP contribution in [-0.2, 0) is 11.3 Å². The number of benzene rings is 1. The van der Waals surface area contributed by atoms with Crippen molar-refractivity contribution in [3.63, 3.8) is 0 Å². The summed E-state index contributed by atoms with van der Waals surface area (Å²) in [5, 5.41) is 3.61. The molecule has 2 aromatic rings. The lowest BCUT2D eigenvalue weighted by molar-refractivity contribution is 0.184. The van der Waals surface area contributed by atoms with Gasteiger partial charge in [0.05, 0.1) is 25.5 Å². The summed E-state index contributed by atoms with van der Waals surface area (Å²) in [6.07, 6.45) is 1.46. The summed E-state index contributed by atoms with van der Waals surface area (Å²) in [5.74, 6) is 0.104. The fourth-order valence-corrected chi connectivity index (χ4v) is 1.81. The summed E-state index contributed by atoms with van der Waals surface area (Å²) in [4.78, 5) is 0. The van der Waals surface area contributed by atoms with Crippen molar-refractivity contribution < 1.29 is 18.4 Å². The highest BCUT2D eigenvalue weighted by molar-refractivity contribution is 5.79. The van der Waals surface area contributed by atoms with Crippen molar-refractivity contribution in [1.82, 2.24) is 5.16 Å². The zero-order valence-corrected chi connectivity index (χ0v) is 10.1. The lowest BCUT2D eigenvalue weighted by atomic mass is 10.0.